The van der Waals surface area contributed by atoms with Crippen LogP contribution in [-0.4, -0.2) is 27.1 Å². The highest BCUT2D eigenvalue weighted by Crippen LogP contribution is 2.21. The second-order valence-corrected chi connectivity index (χ2v) is 6.51. The number of nitrogens with one attached hydrogen (secondary N) is 3. The normalized spacial score (nSPS) is 15.9. The average molecular weight is 319 g/mol. The van der Waals surface area contributed by atoms with Crippen LogP contribution in [0.5, 0.6) is 0 Å². The lowest BCUT2D eigenvalue weighted by Gasteiger charge is -2.12. The van der Waals surface area contributed by atoms with E-state index in [2.05, 4.69) is 25.8 Å². The second-order valence-electron chi connectivity index (χ2n) is 5.62. The van der Waals surface area contributed by atoms with Gasteiger partial charge in [0.2, 0.25) is 5.91 Å². The molecular weight excluding hydrogens is 298 g/mol. The molecule has 0 saturated carbocycles. The molecule has 0 bridgehead atoms. The Kier molecular flexibility index (Phi) is 4.84. The maximum absolute atomic E-state index is 12.1. The fourth-order valence-electron chi connectivity index (χ4n) is 2.71. The summed E-state index contributed by atoms with van der Waals surface area (Å²) in [5.41, 5.74) is 3.66. The van der Waals surface area contributed by atoms with Gasteiger partial charge in [-0.05, 0) is 38.2 Å². The molecule has 1 aliphatic carbocycles. The van der Waals surface area contributed by atoms with Crippen LogP contribution < -0.4 is 10.6 Å². The molecular formula is C15H21N5OS. The maximum atomic E-state index is 12.1. The Balaban J connectivity index is 1.56. The van der Waals surface area contributed by atoms with Crippen molar-refractivity contribution >= 4 is 22.4 Å². The van der Waals surface area contributed by atoms with E-state index >= 15 is 0 Å². The van der Waals surface area contributed by atoms with Gasteiger partial charge in [-0.3, -0.25) is 9.89 Å². The molecule has 2 heterocycles. The molecule has 1 unspecified atom stereocenters. The van der Waals surface area contributed by atoms with Crippen molar-refractivity contribution < 1.29 is 4.79 Å². The van der Waals surface area contributed by atoms with E-state index in [0.29, 0.717) is 11.7 Å². The molecule has 0 aromatic carbocycles. The van der Waals surface area contributed by atoms with Gasteiger partial charge in [-0.15, -0.1) is 11.3 Å². The number of anilines is 1. The Morgan fingerprint density at radius 2 is 2.27 bits per heavy atom. The number of hydrogen-bond donors (Lipinski definition) is 3. The Labute approximate surface area is 133 Å². The Morgan fingerprint density at radius 3 is 3.09 bits per heavy atom. The molecule has 0 aliphatic heterocycles. The first-order valence-electron chi connectivity index (χ1n) is 7.73. The van der Waals surface area contributed by atoms with Crippen LogP contribution in [0.4, 0.5) is 5.13 Å². The maximum Gasteiger partial charge on any atom is 0.243 e. The number of carbonyl (C=O) groups is 1. The van der Waals surface area contributed by atoms with E-state index in [4.69, 9.17) is 0 Å². The van der Waals surface area contributed by atoms with Gasteiger partial charge in [0, 0.05) is 23.8 Å². The topological polar surface area (TPSA) is 82.7 Å². The Morgan fingerprint density at radius 1 is 1.41 bits per heavy atom. The molecule has 22 heavy (non-hydrogen) atoms. The number of hydrogen-bond acceptors (Lipinski definition) is 5. The highest BCUT2D eigenvalue weighted by Gasteiger charge is 2.18. The lowest BCUT2D eigenvalue weighted by molar-refractivity contribution is -0.117. The predicted octanol–water partition coefficient (Wildman–Crippen LogP) is 2.25. The van der Waals surface area contributed by atoms with Gasteiger partial charge in [-0.1, -0.05) is 6.42 Å². The van der Waals surface area contributed by atoms with Crippen molar-refractivity contribution in [3.63, 3.8) is 0 Å². The summed E-state index contributed by atoms with van der Waals surface area (Å²) >= 11 is 1.42. The van der Waals surface area contributed by atoms with Crippen LogP contribution in [0.3, 0.4) is 0 Å². The van der Waals surface area contributed by atoms with Crippen LogP contribution in [0.25, 0.3) is 0 Å². The Hall–Kier alpha value is -1.73. The summed E-state index contributed by atoms with van der Waals surface area (Å²) in [6.07, 6.45) is 7.58. The number of carbonyl (C=O) groups excluding carboxylic acids is 1. The molecule has 0 saturated heterocycles. The van der Waals surface area contributed by atoms with Crippen LogP contribution in [0.2, 0.25) is 0 Å². The van der Waals surface area contributed by atoms with Gasteiger partial charge in [0.25, 0.3) is 0 Å². The molecule has 0 fully saturated rings. The fourth-order valence-corrected chi connectivity index (χ4v) is 3.25. The monoisotopic (exact) mass is 319 g/mol. The van der Waals surface area contributed by atoms with E-state index in [-0.39, 0.29) is 11.9 Å². The number of thiazole rings is 1. The number of fused-ring (bicyclic) bond motifs is 1. The first kappa shape index (κ1) is 15.2. The summed E-state index contributed by atoms with van der Waals surface area (Å²) in [6, 6.07) is -0.290. The Bertz CT molecular complexity index is 622. The minimum absolute atomic E-state index is 0.0726. The molecule has 0 radical (unpaired) electrons. The molecule has 3 rings (SSSR count). The van der Waals surface area contributed by atoms with Gasteiger partial charge < -0.3 is 10.6 Å². The lowest BCUT2D eigenvalue weighted by atomic mass is 10.1. The highest BCUT2D eigenvalue weighted by molar-refractivity contribution is 7.13. The van der Waals surface area contributed by atoms with E-state index in [1.54, 1.807) is 6.20 Å². The van der Waals surface area contributed by atoms with E-state index < -0.39 is 0 Å². The van der Waals surface area contributed by atoms with Crippen LogP contribution >= 0.6 is 11.3 Å². The minimum Gasteiger partial charge on any atom is -0.301 e. The van der Waals surface area contributed by atoms with Gasteiger partial charge in [-0.25, -0.2) is 4.98 Å². The number of aryl methyl sites for hydroxylation is 1. The van der Waals surface area contributed by atoms with Crippen molar-refractivity contribution in [3.05, 3.63) is 28.5 Å². The summed E-state index contributed by atoms with van der Waals surface area (Å²) in [5.74, 6) is -0.0726. The number of nitrogens with zero attached hydrogens (tertiary/aromatic N) is 2. The first-order chi connectivity index (χ1) is 10.7. The third kappa shape index (κ3) is 3.53. The van der Waals surface area contributed by atoms with Crippen molar-refractivity contribution in [2.24, 2.45) is 0 Å². The minimum atomic E-state index is -0.290. The molecule has 1 aliphatic rings. The number of aromatic nitrogens is 3. The van der Waals surface area contributed by atoms with Crippen molar-refractivity contribution in [1.82, 2.24) is 20.5 Å². The standard InChI is InChI=1S/C15H21N5OS/c1-10(14(21)18-15-16-7-8-22-15)17-9-13-11-5-3-2-4-6-12(11)19-20-13/h7-8,10,17H,2-6,9H2,1H3,(H,19,20)(H,16,18,21). The molecule has 2 aromatic rings. The third-order valence-corrected chi connectivity index (χ3v) is 4.71. The summed E-state index contributed by atoms with van der Waals surface area (Å²) in [5, 5.41) is 16.1. The van der Waals surface area contributed by atoms with Gasteiger partial charge in [0.1, 0.15) is 0 Å². The molecule has 1 atom stereocenters. The number of H-pyrrole nitrogens is 1. The summed E-state index contributed by atoms with van der Waals surface area (Å²) in [4.78, 5) is 16.1. The van der Waals surface area contributed by atoms with Crippen LogP contribution in [-0.2, 0) is 24.2 Å². The van der Waals surface area contributed by atoms with Crippen molar-refractivity contribution in [2.75, 3.05) is 5.32 Å². The molecule has 0 spiro atoms. The van der Waals surface area contributed by atoms with E-state index in [1.807, 2.05) is 12.3 Å². The second kappa shape index (κ2) is 7.02. The number of amides is 1. The van der Waals surface area contributed by atoms with Gasteiger partial charge in [0.05, 0.1) is 11.7 Å². The quantitative estimate of drug-likeness (QED) is 0.738. The first-order valence-corrected chi connectivity index (χ1v) is 8.60. The largest absolute Gasteiger partial charge is 0.301 e. The third-order valence-electron chi connectivity index (χ3n) is 4.02. The molecule has 6 nitrogen and oxygen atoms in total. The van der Waals surface area contributed by atoms with E-state index in [9.17, 15) is 4.79 Å². The molecule has 2 aromatic heterocycles. The molecule has 118 valence electrons. The van der Waals surface area contributed by atoms with Crippen LogP contribution in [0.15, 0.2) is 11.6 Å². The zero-order valence-corrected chi connectivity index (χ0v) is 13.5. The highest BCUT2D eigenvalue weighted by atomic mass is 32.1. The van der Waals surface area contributed by atoms with Crippen LogP contribution in [0.1, 0.15) is 43.1 Å². The van der Waals surface area contributed by atoms with Gasteiger partial charge in [-0.2, -0.15) is 5.10 Å². The predicted molar refractivity (Wildman–Crippen MR) is 86.9 cm³/mol. The zero-order chi connectivity index (χ0) is 15.4. The van der Waals surface area contributed by atoms with E-state index in [0.717, 1.165) is 18.5 Å². The fraction of sp³-hybridized carbons (Fsp3) is 0.533. The molecule has 7 heteroatoms. The zero-order valence-electron chi connectivity index (χ0n) is 12.7. The van der Waals surface area contributed by atoms with Gasteiger partial charge >= 0.3 is 0 Å². The number of rotatable bonds is 5. The smallest absolute Gasteiger partial charge is 0.243 e. The van der Waals surface area contributed by atoms with Crippen LogP contribution in [0, 0.1) is 0 Å². The lowest BCUT2D eigenvalue weighted by Crippen LogP contribution is -2.37. The summed E-state index contributed by atoms with van der Waals surface area (Å²) < 4.78 is 0. The van der Waals surface area contributed by atoms with Crippen molar-refractivity contribution in [2.45, 2.75) is 51.6 Å². The summed E-state index contributed by atoms with van der Waals surface area (Å²) in [7, 11) is 0. The van der Waals surface area contributed by atoms with Crippen molar-refractivity contribution in [3.8, 4) is 0 Å². The van der Waals surface area contributed by atoms with Gasteiger partial charge in [0.15, 0.2) is 5.13 Å². The molecule has 1 amide bonds. The van der Waals surface area contributed by atoms with Crippen molar-refractivity contribution in [1.29, 1.82) is 0 Å². The number of aromatic amines is 1. The van der Waals surface area contributed by atoms with E-state index in [1.165, 1.54) is 41.9 Å². The SMILES string of the molecule is CC(NCc1n[nH]c2c1CCCCC2)C(=O)Nc1nccs1. The summed E-state index contributed by atoms with van der Waals surface area (Å²) in [6.45, 7) is 2.46. The average Bonchev–Trinajstić information content (AvgIpc) is 3.09. The molecule has 3 N–H and O–H groups in total.